The predicted molar refractivity (Wildman–Crippen MR) is 71.5 cm³/mol. The molecule has 0 aliphatic carbocycles. The normalized spacial score (nSPS) is 15.6. The van der Waals surface area contributed by atoms with Gasteiger partial charge in [-0.2, -0.15) is 0 Å². The highest BCUT2D eigenvalue weighted by Crippen LogP contribution is 2.16. The molecule has 0 saturated heterocycles. The Hall–Kier alpha value is -0.920. The Morgan fingerprint density at radius 2 is 1.78 bits per heavy atom. The summed E-state index contributed by atoms with van der Waals surface area (Å²) in [6.07, 6.45) is 1.26. The first-order valence-corrected chi connectivity index (χ1v) is 8.91. The molecule has 2 N–H and O–H groups in total. The summed E-state index contributed by atoms with van der Waals surface area (Å²) in [6, 6.07) is 5.71. The van der Waals surface area contributed by atoms with Gasteiger partial charge in [0.15, 0.2) is 0 Å². The van der Waals surface area contributed by atoms with Crippen molar-refractivity contribution in [2.45, 2.75) is 23.6 Å². The lowest BCUT2D eigenvalue weighted by molar-refractivity contribution is 0.560. The molecule has 102 valence electrons. The number of rotatable bonds is 5. The van der Waals surface area contributed by atoms with Crippen molar-refractivity contribution in [2.75, 3.05) is 12.8 Å². The number of nitrogens with one attached hydrogen (secondary N) is 2. The zero-order valence-corrected chi connectivity index (χ0v) is 12.3. The van der Waals surface area contributed by atoms with Gasteiger partial charge in [-0.3, -0.25) is 0 Å². The Balaban J connectivity index is 3.11. The smallest absolute Gasteiger partial charge is 0.240 e. The molecule has 0 aliphatic rings. The minimum atomic E-state index is -3.60. The fourth-order valence-electron chi connectivity index (χ4n) is 1.24. The van der Waals surface area contributed by atoms with E-state index in [-0.39, 0.29) is 15.7 Å². The van der Waals surface area contributed by atoms with E-state index in [0.29, 0.717) is 6.54 Å². The summed E-state index contributed by atoms with van der Waals surface area (Å²) in [4.78, 5) is 0.261. The minimum absolute atomic E-state index is 0.0440. The molecule has 0 spiro atoms. The monoisotopic (exact) mass is 290 g/mol. The Bertz CT molecular complexity index is 619. The third-order valence-electron chi connectivity index (χ3n) is 2.25. The molecule has 5 nitrogen and oxygen atoms in total. The zero-order chi connectivity index (χ0) is 14.0. The van der Waals surface area contributed by atoms with E-state index in [0.717, 1.165) is 0 Å². The van der Waals surface area contributed by atoms with Crippen LogP contribution >= 0.6 is 0 Å². The molecule has 0 saturated carbocycles. The van der Waals surface area contributed by atoms with Crippen LogP contribution in [0.1, 0.15) is 13.8 Å². The molecule has 1 atom stereocenters. The molecule has 0 radical (unpaired) electrons. The first-order valence-electron chi connectivity index (χ1n) is 5.46. The number of benzene rings is 1. The lowest BCUT2D eigenvalue weighted by atomic mass is 10.2. The molecule has 0 bridgehead atoms. The van der Waals surface area contributed by atoms with Gasteiger partial charge in [0, 0.05) is 17.7 Å². The highest BCUT2D eigenvalue weighted by Gasteiger charge is 2.16. The number of hydrogen-bond acceptors (Lipinski definition) is 4. The van der Waals surface area contributed by atoms with Gasteiger partial charge in [-0.1, -0.05) is 19.9 Å². The van der Waals surface area contributed by atoms with Gasteiger partial charge in [0.05, 0.1) is 14.6 Å². The predicted octanol–water partition coefficient (Wildman–Crippen LogP) is 1.66. The van der Waals surface area contributed by atoms with Crippen LogP contribution in [0.3, 0.4) is 0 Å². The summed E-state index contributed by atoms with van der Waals surface area (Å²) in [5, 5.41) is 0. The summed E-state index contributed by atoms with van der Waals surface area (Å²) in [7, 11) is -6.51. The molecule has 0 amide bonds. The fourth-order valence-corrected chi connectivity index (χ4v) is 3.27. The lowest BCUT2D eigenvalue weighted by Crippen LogP contribution is -2.27. The summed E-state index contributed by atoms with van der Waals surface area (Å²) < 4.78 is 45.4. The third kappa shape index (κ3) is 4.08. The fraction of sp³-hybridized carbons (Fsp3) is 0.455. The molecule has 1 aromatic rings. The second-order valence-corrected chi connectivity index (χ2v) is 8.49. The van der Waals surface area contributed by atoms with Crippen LogP contribution < -0.4 is 4.72 Å². The summed E-state index contributed by atoms with van der Waals surface area (Å²) >= 11 is 0. The van der Waals surface area contributed by atoms with Crippen LogP contribution in [0.2, 0.25) is 0 Å². The first kappa shape index (κ1) is 15.1. The molecular formula is C11H18N2O3S2. The van der Waals surface area contributed by atoms with Gasteiger partial charge in [-0.25, -0.2) is 22.1 Å². The van der Waals surface area contributed by atoms with Crippen LogP contribution in [0, 0.1) is 10.7 Å². The van der Waals surface area contributed by atoms with E-state index in [1.54, 1.807) is 0 Å². The van der Waals surface area contributed by atoms with Crippen molar-refractivity contribution in [3.05, 3.63) is 24.3 Å². The zero-order valence-electron chi connectivity index (χ0n) is 10.6. The van der Waals surface area contributed by atoms with Crippen LogP contribution in [-0.4, -0.2) is 25.4 Å². The second kappa shape index (κ2) is 5.38. The van der Waals surface area contributed by atoms with Crippen LogP contribution in [0.15, 0.2) is 34.1 Å². The molecule has 0 heterocycles. The number of sulfonamides is 1. The van der Waals surface area contributed by atoms with Crippen molar-refractivity contribution in [3.8, 4) is 0 Å². The molecule has 1 aromatic carbocycles. The maximum Gasteiger partial charge on any atom is 0.240 e. The van der Waals surface area contributed by atoms with Crippen molar-refractivity contribution in [3.63, 3.8) is 0 Å². The van der Waals surface area contributed by atoms with Crippen molar-refractivity contribution >= 4 is 19.8 Å². The van der Waals surface area contributed by atoms with E-state index in [1.165, 1.54) is 30.5 Å². The van der Waals surface area contributed by atoms with E-state index in [9.17, 15) is 12.6 Å². The number of hydrogen-bond donors (Lipinski definition) is 2. The summed E-state index contributed by atoms with van der Waals surface area (Å²) in [5.41, 5.74) is 0. The lowest BCUT2D eigenvalue weighted by Gasteiger charge is -2.10. The highest BCUT2D eigenvalue weighted by atomic mass is 32.2. The molecule has 0 aromatic heterocycles. The van der Waals surface area contributed by atoms with Gasteiger partial charge in [0.1, 0.15) is 0 Å². The Morgan fingerprint density at radius 1 is 1.22 bits per heavy atom. The van der Waals surface area contributed by atoms with Crippen LogP contribution in [0.4, 0.5) is 0 Å². The summed E-state index contributed by atoms with van der Waals surface area (Å²) in [5.74, 6) is 0.203. The van der Waals surface area contributed by atoms with E-state index in [4.69, 9.17) is 4.78 Å². The molecule has 1 unspecified atom stereocenters. The van der Waals surface area contributed by atoms with Crippen molar-refractivity contribution in [2.24, 2.45) is 5.92 Å². The average molecular weight is 290 g/mol. The van der Waals surface area contributed by atoms with E-state index < -0.39 is 19.8 Å². The largest absolute Gasteiger partial charge is 0.249 e. The van der Waals surface area contributed by atoms with Gasteiger partial charge in [-0.05, 0) is 24.1 Å². The topological polar surface area (TPSA) is 87.1 Å². The Labute approximate surface area is 109 Å². The van der Waals surface area contributed by atoms with Crippen molar-refractivity contribution < 1.29 is 12.6 Å². The minimum Gasteiger partial charge on any atom is -0.249 e. The molecule has 18 heavy (non-hydrogen) atoms. The molecular weight excluding hydrogens is 272 g/mol. The second-order valence-electron chi connectivity index (χ2n) is 4.56. The van der Waals surface area contributed by atoms with Crippen LogP contribution in [-0.2, 0) is 19.8 Å². The van der Waals surface area contributed by atoms with Gasteiger partial charge in [0.25, 0.3) is 0 Å². The van der Waals surface area contributed by atoms with Gasteiger partial charge < -0.3 is 0 Å². The molecule has 0 aliphatic heterocycles. The van der Waals surface area contributed by atoms with Gasteiger partial charge in [-0.15, -0.1) is 0 Å². The maximum atomic E-state index is 12.0. The van der Waals surface area contributed by atoms with E-state index in [1.807, 2.05) is 13.8 Å². The quantitative estimate of drug-likeness (QED) is 0.864. The van der Waals surface area contributed by atoms with E-state index >= 15 is 0 Å². The van der Waals surface area contributed by atoms with Crippen LogP contribution in [0.5, 0.6) is 0 Å². The van der Waals surface area contributed by atoms with E-state index in [2.05, 4.69) is 4.72 Å². The SMILES string of the molecule is CC(C)CNS(=O)(=O)c1cccc(S(C)(=N)=O)c1. The highest BCUT2D eigenvalue weighted by molar-refractivity contribution is 7.92. The Kier molecular flexibility index (Phi) is 4.52. The van der Waals surface area contributed by atoms with Crippen molar-refractivity contribution in [1.82, 2.24) is 4.72 Å². The van der Waals surface area contributed by atoms with Gasteiger partial charge in [0.2, 0.25) is 10.0 Å². The summed E-state index contributed by atoms with van der Waals surface area (Å²) in [6.45, 7) is 4.15. The molecule has 1 rings (SSSR count). The first-order chi connectivity index (χ1) is 8.13. The molecule has 7 heteroatoms. The third-order valence-corrected chi connectivity index (χ3v) is 4.82. The van der Waals surface area contributed by atoms with Crippen LogP contribution in [0.25, 0.3) is 0 Å². The Morgan fingerprint density at radius 3 is 2.28 bits per heavy atom. The molecule has 0 fully saturated rings. The average Bonchev–Trinajstić information content (AvgIpc) is 2.26. The maximum absolute atomic E-state index is 12.0. The standard InChI is InChI=1S/C11H18N2O3S2/c1-9(2)8-13-18(15,16)11-6-4-5-10(7-11)17(3,12)14/h4-7,9,12-13H,8H2,1-3H3. The van der Waals surface area contributed by atoms with Crippen molar-refractivity contribution in [1.29, 1.82) is 4.78 Å². The van der Waals surface area contributed by atoms with Gasteiger partial charge >= 0.3 is 0 Å².